The molecule has 0 saturated heterocycles. The van der Waals surface area contributed by atoms with Gasteiger partial charge in [-0.25, -0.2) is 0 Å². The van der Waals surface area contributed by atoms with Crippen molar-refractivity contribution in [3.63, 3.8) is 0 Å². The Hall–Kier alpha value is -2.25. The monoisotopic (exact) mass is 254 g/mol. The van der Waals surface area contributed by atoms with Crippen LogP contribution < -0.4 is 0 Å². The van der Waals surface area contributed by atoms with Crippen molar-refractivity contribution in [1.29, 1.82) is 5.26 Å². The molecule has 4 heteroatoms. The Labute approximate surface area is 109 Å². The van der Waals surface area contributed by atoms with Crippen LogP contribution >= 0.6 is 11.8 Å². The zero-order chi connectivity index (χ0) is 12.8. The van der Waals surface area contributed by atoms with Crippen LogP contribution in [-0.2, 0) is 0 Å². The molecule has 0 aliphatic heterocycles. The van der Waals surface area contributed by atoms with Crippen molar-refractivity contribution in [2.45, 2.75) is 9.79 Å². The van der Waals surface area contributed by atoms with Crippen LogP contribution in [-0.4, -0.2) is 10.9 Å². The van der Waals surface area contributed by atoms with E-state index in [4.69, 9.17) is 10.5 Å². The molecule has 1 N–H and O–H groups in total. The fraction of sp³-hybridized carbons (Fsp3) is 0. The SMILES string of the molecule is N#CC(=NO)c1ccccc1Sc1ccccc1. The van der Waals surface area contributed by atoms with Crippen LogP contribution in [0, 0.1) is 11.3 Å². The second-order valence-corrected chi connectivity index (χ2v) is 4.59. The average Bonchev–Trinajstić information content (AvgIpc) is 2.43. The molecule has 0 fully saturated rings. The zero-order valence-electron chi connectivity index (χ0n) is 9.45. The molecule has 0 saturated carbocycles. The van der Waals surface area contributed by atoms with Crippen molar-refractivity contribution < 1.29 is 5.21 Å². The van der Waals surface area contributed by atoms with Gasteiger partial charge in [-0.15, -0.1) is 0 Å². The van der Waals surface area contributed by atoms with E-state index in [0.717, 1.165) is 9.79 Å². The van der Waals surface area contributed by atoms with E-state index in [1.807, 2.05) is 54.6 Å². The van der Waals surface area contributed by atoms with Gasteiger partial charge in [0.2, 0.25) is 0 Å². The van der Waals surface area contributed by atoms with Crippen molar-refractivity contribution in [1.82, 2.24) is 0 Å². The first kappa shape index (κ1) is 12.2. The van der Waals surface area contributed by atoms with Gasteiger partial charge in [-0.3, -0.25) is 0 Å². The lowest BCUT2D eigenvalue weighted by molar-refractivity contribution is 0.320. The molecule has 0 spiro atoms. The summed E-state index contributed by atoms with van der Waals surface area (Å²) >= 11 is 1.53. The molecule has 0 bridgehead atoms. The number of benzene rings is 2. The smallest absolute Gasteiger partial charge is 0.187 e. The minimum atomic E-state index is 0.0223. The zero-order valence-corrected chi connectivity index (χ0v) is 10.3. The number of hydrogen-bond acceptors (Lipinski definition) is 4. The molecule has 0 aliphatic carbocycles. The lowest BCUT2D eigenvalue weighted by atomic mass is 10.1. The van der Waals surface area contributed by atoms with E-state index in [9.17, 15) is 0 Å². The summed E-state index contributed by atoms with van der Waals surface area (Å²) < 4.78 is 0. The Morgan fingerprint density at radius 1 is 1.06 bits per heavy atom. The van der Waals surface area contributed by atoms with Gasteiger partial charge in [0, 0.05) is 15.4 Å². The lowest BCUT2D eigenvalue weighted by Gasteiger charge is -2.06. The van der Waals surface area contributed by atoms with Crippen LogP contribution in [0.5, 0.6) is 0 Å². The van der Waals surface area contributed by atoms with E-state index in [1.54, 1.807) is 6.07 Å². The molecule has 2 aromatic rings. The number of hydrogen-bond donors (Lipinski definition) is 1. The van der Waals surface area contributed by atoms with Gasteiger partial charge in [0.05, 0.1) is 0 Å². The van der Waals surface area contributed by atoms with Crippen LogP contribution in [0.2, 0.25) is 0 Å². The van der Waals surface area contributed by atoms with E-state index in [2.05, 4.69) is 5.16 Å². The summed E-state index contributed by atoms with van der Waals surface area (Å²) in [6, 6.07) is 19.1. The molecule has 0 atom stereocenters. The van der Waals surface area contributed by atoms with Gasteiger partial charge in [0.1, 0.15) is 6.07 Å². The van der Waals surface area contributed by atoms with Gasteiger partial charge in [0.25, 0.3) is 0 Å². The number of rotatable bonds is 3. The van der Waals surface area contributed by atoms with Gasteiger partial charge in [0.15, 0.2) is 5.71 Å². The second-order valence-electron chi connectivity index (χ2n) is 3.47. The van der Waals surface area contributed by atoms with E-state index in [1.165, 1.54) is 11.8 Å². The molecule has 3 nitrogen and oxygen atoms in total. The Balaban J connectivity index is 2.38. The highest BCUT2D eigenvalue weighted by Gasteiger charge is 2.09. The van der Waals surface area contributed by atoms with Crippen LogP contribution in [0.15, 0.2) is 69.5 Å². The van der Waals surface area contributed by atoms with Gasteiger partial charge in [-0.2, -0.15) is 5.26 Å². The second kappa shape index (κ2) is 5.89. The maximum atomic E-state index is 8.92. The third-order valence-corrected chi connectivity index (χ3v) is 3.40. The Morgan fingerprint density at radius 2 is 1.72 bits per heavy atom. The largest absolute Gasteiger partial charge is 0.410 e. The summed E-state index contributed by atoms with van der Waals surface area (Å²) in [6.07, 6.45) is 0. The molecule has 2 aromatic carbocycles. The minimum absolute atomic E-state index is 0.0223. The van der Waals surface area contributed by atoms with Crippen LogP contribution in [0.25, 0.3) is 0 Å². The van der Waals surface area contributed by atoms with Crippen LogP contribution in [0.3, 0.4) is 0 Å². The summed E-state index contributed by atoms with van der Waals surface area (Å²) in [6.45, 7) is 0. The Morgan fingerprint density at radius 3 is 2.39 bits per heavy atom. The van der Waals surface area contributed by atoms with Crippen molar-refractivity contribution in [2.75, 3.05) is 0 Å². The molecule has 0 unspecified atom stereocenters. The molecule has 0 aromatic heterocycles. The summed E-state index contributed by atoms with van der Waals surface area (Å²) in [5.74, 6) is 0. The standard InChI is InChI=1S/C14H10N2OS/c15-10-13(16-17)12-8-4-5-9-14(12)18-11-6-2-1-3-7-11/h1-9,17H. The molecular weight excluding hydrogens is 244 g/mol. The molecular formula is C14H10N2OS. The van der Waals surface area contributed by atoms with E-state index < -0.39 is 0 Å². The highest BCUT2D eigenvalue weighted by atomic mass is 32.2. The first-order valence-corrected chi connectivity index (χ1v) is 6.11. The van der Waals surface area contributed by atoms with Crippen LogP contribution in [0.1, 0.15) is 5.56 Å². The van der Waals surface area contributed by atoms with Crippen molar-refractivity contribution in [3.05, 3.63) is 60.2 Å². The van der Waals surface area contributed by atoms with E-state index in [0.29, 0.717) is 5.56 Å². The summed E-state index contributed by atoms with van der Waals surface area (Å²) in [7, 11) is 0. The Kier molecular flexibility index (Phi) is 4.00. The topological polar surface area (TPSA) is 56.4 Å². The first-order chi connectivity index (χ1) is 8.85. The molecule has 0 radical (unpaired) electrons. The lowest BCUT2D eigenvalue weighted by Crippen LogP contribution is -1.99. The van der Waals surface area contributed by atoms with E-state index in [-0.39, 0.29) is 5.71 Å². The first-order valence-electron chi connectivity index (χ1n) is 5.29. The van der Waals surface area contributed by atoms with Gasteiger partial charge in [-0.1, -0.05) is 53.3 Å². The summed E-state index contributed by atoms with van der Waals surface area (Å²) in [4.78, 5) is 1.96. The number of oxime groups is 1. The third kappa shape index (κ3) is 2.70. The summed E-state index contributed by atoms with van der Waals surface area (Å²) in [5.41, 5.74) is 0.658. The number of nitrogens with zero attached hydrogens (tertiary/aromatic N) is 2. The fourth-order valence-corrected chi connectivity index (χ4v) is 2.47. The van der Waals surface area contributed by atoms with Crippen LogP contribution in [0.4, 0.5) is 0 Å². The highest BCUT2D eigenvalue weighted by molar-refractivity contribution is 7.99. The maximum absolute atomic E-state index is 8.92. The quantitative estimate of drug-likeness (QED) is 0.518. The normalized spacial score (nSPS) is 10.9. The van der Waals surface area contributed by atoms with Crippen molar-refractivity contribution in [3.8, 4) is 6.07 Å². The summed E-state index contributed by atoms with van der Waals surface area (Å²) in [5, 5.41) is 20.8. The van der Waals surface area contributed by atoms with Crippen molar-refractivity contribution >= 4 is 17.5 Å². The maximum Gasteiger partial charge on any atom is 0.187 e. The van der Waals surface area contributed by atoms with E-state index >= 15 is 0 Å². The third-order valence-electron chi connectivity index (χ3n) is 2.32. The van der Waals surface area contributed by atoms with Gasteiger partial charge < -0.3 is 5.21 Å². The van der Waals surface area contributed by atoms with Crippen molar-refractivity contribution in [2.24, 2.45) is 5.16 Å². The highest BCUT2D eigenvalue weighted by Crippen LogP contribution is 2.30. The molecule has 18 heavy (non-hydrogen) atoms. The fourth-order valence-electron chi connectivity index (χ4n) is 1.50. The Bertz CT molecular complexity index is 603. The predicted octanol–water partition coefficient (Wildman–Crippen LogP) is 3.54. The molecule has 88 valence electrons. The molecule has 0 heterocycles. The molecule has 0 aliphatic rings. The average molecular weight is 254 g/mol. The minimum Gasteiger partial charge on any atom is -0.410 e. The van der Waals surface area contributed by atoms with Gasteiger partial charge >= 0.3 is 0 Å². The molecule has 2 rings (SSSR count). The molecule has 0 amide bonds. The van der Waals surface area contributed by atoms with Gasteiger partial charge in [-0.05, 0) is 18.2 Å². The predicted molar refractivity (Wildman–Crippen MR) is 70.9 cm³/mol. The number of nitriles is 1.